The lowest BCUT2D eigenvalue weighted by atomic mass is 10.2. The van der Waals surface area contributed by atoms with Gasteiger partial charge >= 0.3 is 5.97 Å². The van der Waals surface area contributed by atoms with Gasteiger partial charge in [-0.15, -0.1) is 0 Å². The second kappa shape index (κ2) is 3.79. The second-order valence-electron chi connectivity index (χ2n) is 3.40. The van der Waals surface area contributed by atoms with Gasteiger partial charge in [0.15, 0.2) is 5.69 Å². The van der Waals surface area contributed by atoms with Gasteiger partial charge in [0, 0.05) is 19.3 Å². The largest absolute Gasteiger partial charge is 0.476 e. The van der Waals surface area contributed by atoms with Crippen LogP contribution in [0.15, 0.2) is 12.5 Å². The maximum absolute atomic E-state index is 10.5. The van der Waals surface area contributed by atoms with Gasteiger partial charge < -0.3 is 14.4 Å². The standard InChI is InChI=1S/C9H12N2O3/c12-9(13)8-5-11(6-10-8)4-7-2-1-3-14-7/h5-7H,1-4H2,(H,12,13)/t7-/m1/s1. The molecule has 2 rings (SSSR count). The van der Waals surface area contributed by atoms with E-state index in [1.807, 2.05) is 0 Å². The fourth-order valence-electron chi connectivity index (χ4n) is 1.59. The lowest BCUT2D eigenvalue weighted by Gasteiger charge is -2.08. The average molecular weight is 196 g/mol. The van der Waals surface area contributed by atoms with E-state index in [4.69, 9.17) is 9.84 Å². The Balaban J connectivity index is 1.98. The zero-order valence-corrected chi connectivity index (χ0v) is 7.72. The van der Waals surface area contributed by atoms with Gasteiger partial charge in [0.25, 0.3) is 0 Å². The fourth-order valence-corrected chi connectivity index (χ4v) is 1.59. The van der Waals surface area contributed by atoms with E-state index in [2.05, 4.69) is 4.98 Å². The molecule has 0 aliphatic carbocycles. The molecule has 5 nitrogen and oxygen atoms in total. The van der Waals surface area contributed by atoms with Crippen LogP contribution in [0.2, 0.25) is 0 Å². The van der Waals surface area contributed by atoms with Crippen LogP contribution in [0.4, 0.5) is 0 Å². The Labute approximate surface area is 81.3 Å². The van der Waals surface area contributed by atoms with Gasteiger partial charge in [-0.2, -0.15) is 0 Å². The molecule has 0 bridgehead atoms. The first kappa shape index (κ1) is 9.21. The number of hydrogen-bond donors (Lipinski definition) is 1. The van der Waals surface area contributed by atoms with Crippen LogP contribution in [-0.2, 0) is 11.3 Å². The highest BCUT2D eigenvalue weighted by Gasteiger charge is 2.16. The molecule has 1 aromatic rings. The molecule has 0 spiro atoms. The summed E-state index contributed by atoms with van der Waals surface area (Å²) in [5.74, 6) is -0.990. The molecule has 1 aliphatic rings. The molecule has 1 saturated heterocycles. The van der Waals surface area contributed by atoms with Crippen LogP contribution < -0.4 is 0 Å². The number of hydrogen-bond acceptors (Lipinski definition) is 3. The Morgan fingerprint density at radius 2 is 2.64 bits per heavy atom. The molecule has 5 heteroatoms. The molecule has 1 atom stereocenters. The van der Waals surface area contributed by atoms with E-state index in [0.29, 0.717) is 6.54 Å². The fraction of sp³-hybridized carbons (Fsp3) is 0.556. The highest BCUT2D eigenvalue weighted by atomic mass is 16.5. The van der Waals surface area contributed by atoms with Crippen molar-refractivity contribution in [2.75, 3.05) is 6.61 Å². The Morgan fingerprint density at radius 3 is 3.21 bits per heavy atom. The van der Waals surface area contributed by atoms with Gasteiger partial charge in [-0.3, -0.25) is 0 Å². The summed E-state index contributed by atoms with van der Waals surface area (Å²) in [4.78, 5) is 14.3. The Morgan fingerprint density at radius 1 is 1.79 bits per heavy atom. The number of carbonyl (C=O) groups is 1. The van der Waals surface area contributed by atoms with Crippen LogP contribution in [-0.4, -0.2) is 33.3 Å². The summed E-state index contributed by atoms with van der Waals surface area (Å²) in [5, 5.41) is 8.65. The van der Waals surface area contributed by atoms with E-state index in [1.54, 1.807) is 4.57 Å². The van der Waals surface area contributed by atoms with Crippen molar-refractivity contribution in [2.24, 2.45) is 0 Å². The number of ether oxygens (including phenoxy) is 1. The van der Waals surface area contributed by atoms with Gasteiger partial charge in [0.05, 0.1) is 12.4 Å². The normalized spacial score (nSPS) is 21.3. The van der Waals surface area contributed by atoms with Crippen LogP contribution in [0.3, 0.4) is 0 Å². The molecular weight excluding hydrogens is 184 g/mol. The zero-order chi connectivity index (χ0) is 9.97. The third-order valence-corrected chi connectivity index (χ3v) is 2.29. The predicted molar refractivity (Wildman–Crippen MR) is 48.2 cm³/mol. The monoisotopic (exact) mass is 196 g/mol. The highest BCUT2D eigenvalue weighted by Crippen LogP contribution is 2.13. The molecule has 1 aliphatic heterocycles. The molecule has 1 aromatic heterocycles. The zero-order valence-electron chi connectivity index (χ0n) is 7.72. The maximum Gasteiger partial charge on any atom is 0.356 e. The minimum Gasteiger partial charge on any atom is -0.476 e. The smallest absolute Gasteiger partial charge is 0.356 e. The summed E-state index contributed by atoms with van der Waals surface area (Å²) in [5.41, 5.74) is 0.0861. The quantitative estimate of drug-likeness (QED) is 0.775. The van der Waals surface area contributed by atoms with Crippen LogP contribution in [0.1, 0.15) is 23.3 Å². The third-order valence-electron chi connectivity index (χ3n) is 2.29. The number of aromatic nitrogens is 2. The van der Waals surface area contributed by atoms with E-state index >= 15 is 0 Å². The number of rotatable bonds is 3. The molecule has 0 aromatic carbocycles. The second-order valence-corrected chi connectivity index (χ2v) is 3.40. The summed E-state index contributed by atoms with van der Waals surface area (Å²) in [6.45, 7) is 1.51. The van der Waals surface area contributed by atoms with Crippen molar-refractivity contribution in [1.29, 1.82) is 0 Å². The van der Waals surface area contributed by atoms with E-state index in [-0.39, 0.29) is 11.8 Å². The van der Waals surface area contributed by atoms with Gasteiger partial charge in [-0.1, -0.05) is 0 Å². The van der Waals surface area contributed by atoms with E-state index in [9.17, 15) is 4.79 Å². The Bertz CT molecular complexity index is 329. The molecule has 2 heterocycles. The molecule has 1 fully saturated rings. The van der Waals surface area contributed by atoms with Crippen molar-refractivity contribution in [3.8, 4) is 0 Å². The molecule has 76 valence electrons. The first-order valence-corrected chi connectivity index (χ1v) is 4.62. The van der Waals surface area contributed by atoms with Crippen LogP contribution in [0, 0.1) is 0 Å². The Hall–Kier alpha value is -1.36. The minimum atomic E-state index is -0.990. The van der Waals surface area contributed by atoms with Gasteiger partial charge in [-0.05, 0) is 12.8 Å². The summed E-state index contributed by atoms with van der Waals surface area (Å²) in [7, 11) is 0. The number of aromatic carboxylic acids is 1. The predicted octanol–water partition coefficient (Wildman–Crippen LogP) is 0.760. The summed E-state index contributed by atoms with van der Waals surface area (Å²) in [6.07, 6.45) is 5.41. The van der Waals surface area contributed by atoms with Crippen molar-refractivity contribution >= 4 is 5.97 Å². The molecule has 0 radical (unpaired) electrons. The molecule has 0 amide bonds. The summed E-state index contributed by atoms with van der Waals surface area (Å²) < 4.78 is 7.19. The van der Waals surface area contributed by atoms with E-state index in [1.165, 1.54) is 12.5 Å². The van der Waals surface area contributed by atoms with Crippen molar-refractivity contribution in [3.63, 3.8) is 0 Å². The molecule has 0 saturated carbocycles. The topological polar surface area (TPSA) is 64.3 Å². The highest BCUT2D eigenvalue weighted by molar-refractivity contribution is 5.84. The van der Waals surface area contributed by atoms with Crippen molar-refractivity contribution in [2.45, 2.75) is 25.5 Å². The first-order chi connectivity index (χ1) is 6.75. The summed E-state index contributed by atoms with van der Waals surface area (Å²) >= 11 is 0. The summed E-state index contributed by atoms with van der Waals surface area (Å²) in [6, 6.07) is 0. The minimum absolute atomic E-state index is 0.0861. The SMILES string of the molecule is O=C(O)c1cn(C[C@H]2CCCO2)cn1. The molecule has 0 unspecified atom stereocenters. The molecular formula is C9H12N2O3. The van der Waals surface area contributed by atoms with Gasteiger partial charge in [0.2, 0.25) is 0 Å². The number of imidazole rings is 1. The van der Waals surface area contributed by atoms with E-state index in [0.717, 1.165) is 19.4 Å². The lowest BCUT2D eigenvalue weighted by Crippen LogP contribution is -2.13. The van der Waals surface area contributed by atoms with Crippen molar-refractivity contribution in [1.82, 2.24) is 9.55 Å². The lowest BCUT2D eigenvalue weighted by molar-refractivity contribution is 0.0690. The average Bonchev–Trinajstić information content (AvgIpc) is 2.75. The Kier molecular flexibility index (Phi) is 2.49. The first-order valence-electron chi connectivity index (χ1n) is 4.62. The van der Waals surface area contributed by atoms with Crippen LogP contribution in [0.25, 0.3) is 0 Å². The number of carboxylic acid groups (broad SMARTS) is 1. The third kappa shape index (κ3) is 1.93. The number of nitrogens with zero attached hydrogens (tertiary/aromatic N) is 2. The van der Waals surface area contributed by atoms with E-state index < -0.39 is 5.97 Å². The van der Waals surface area contributed by atoms with Gasteiger partial charge in [0.1, 0.15) is 0 Å². The number of carboxylic acids is 1. The molecule has 14 heavy (non-hydrogen) atoms. The van der Waals surface area contributed by atoms with Crippen LogP contribution in [0.5, 0.6) is 0 Å². The van der Waals surface area contributed by atoms with Crippen LogP contribution >= 0.6 is 0 Å². The maximum atomic E-state index is 10.5. The van der Waals surface area contributed by atoms with Crippen molar-refractivity contribution in [3.05, 3.63) is 18.2 Å². The van der Waals surface area contributed by atoms with Crippen molar-refractivity contribution < 1.29 is 14.6 Å². The molecule has 1 N–H and O–H groups in total. The van der Waals surface area contributed by atoms with Gasteiger partial charge in [-0.25, -0.2) is 9.78 Å².